The Balaban J connectivity index is 2.00. The zero-order valence-corrected chi connectivity index (χ0v) is 8.33. The number of hydrogen-bond acceptors (Lipinski definition) is 2. The Morgan fingerprint density at radius 3 is 2.21 bits per heavy atom. The molecule has 3 nitrogen and oxygen atoms in total. The first-order valence-corrected chi connectivity index (χ1v) is 5.54. The van der Waals surface area contributed by atoms with Crippen molar-refractivity contribution in [3.05, 3.63) is 0 Å². The van der Waals surface area contributed by atoms with Gasteiger partial charge in [0.1, 0.15) is 0 Å². The average Bonchev–Trinajstić information content (AvgIpc) is 1.98. The third kappa shape index (κ3) is 0.991. The van der Waals surface area contributed by atoms with Crippen LogP contribution >= 0.6 is 0 Å². The van der Waals surface area contributed by atoms with Gasteiger partial charge in [-0.05, 0) is 50.4 Å². The fraction of sp³-hybridized carbons (Fsp3) is 0.909. The Morgan fingerprint density at radius 2 is 1.79 bits per heavy atom. The van der Waals surface area contributed by atoms with Gasteiger partial charge in [0, 0.05) is 0 Å². The molecule has 3 heteroatoms. The molecule has 0 radical (unpaired) electrons. The molecular formula is C11H17NO2. The Bertz CT molecular complexity index is 286. The van der Waals surface area contributed by atoms with Crippen LogP contribution in [-0.4, -0.2) is 16.6 Å². The first-order valence-electron chi connectivity index (χ1n) is 5.54. The maximum Gasteiger partial charge on any atom is 0.223 e. The van der Waals surface area contributed by atoms with Gasteiger partial charge in [0.2, 0.25) is 5.91 Å². The molecule has 2 atom stereocenters. The highest BCUT2D eigenvalue weighted by Gasteiger charge is 2.59. The standard InChI is InChI=1S/C11H17NO2/c12-9(13)10-2-7-1-8(3-10)5-11(14,4-7)6-10/h7-8,14H,1-6H2,(H2,12,13). The molecule has 14 heavy (non-hydrogen) atoms. The second-order valence-electron chi connectivity index (χ2n) is 5.83. The van der Waals surface area contributed by atoms with Gasteiger partial charge >= 0.3 is 0 Å². The molecular weight excluding hydrogens is 178 g/mol. The van der Waals surface area contributed by atoms with E-state index in [4.69, 9.17) is 5.73 Å². The zero-order chi connectivity index (χ0) is 9.97. The van der Waals surface area contributed by atoms with Gasteiger partial charge in [-0.1, -0.05) is 0 Å². The number of amides is 1. The molecule has 0 heterocycles. The molecule has 4 saturated carbocycles. The summed E-state index contributed by atoms with van der Waals surface area (Å²) >= 11 is 0. The number of nitrogens with two attached hydrogens (primary N) is 1. The summed E-state index contributed by atoms with van der Waals surface area (Å²) in [4.78, 5) is 11.5. The number of rotatable bonds is 1. The highest BCUT2D eigenvalue weighted by molar-refractivity contribution is 5.81. The summed E-state index contributed by atoms with van der Waals surface area (Å²) in [7, 11) is 0. The Morgan fingerprint density at radius 1 is 1.21 bits per heavy atom. The van der Waals surface area contributed by atoms with Crippen molar-refractivity contribution < 1.29 is 9.90 Å². The van der Waals surface area contributed by atoms with E-state index >= 15 is 0 Å². The third-order valence-corrected chi connectivity index (χ3v) is 4.55. The summed E-state index contributed by atoms with van der Waals surface area (Å²) in [6.45, 7) is 0. The Hall–Kier alpha value is -0.570. The summed E-state index contributed by atoms with van der Waals surface area (Å²) in [5, 5.41) is 10.3. The van der Waals surface area contributed by atoms with E-state index in [-0.39, 0.29) is 11.3 Å². The van der Waals surface area contributed by atoms with Gasteiger partial charge in [-0.15, -0.1) is 0 Å². The topological polar surface area (TPSA) is 63.3 Å². The van der Waals surface area contributed by atoms with E-state index in [1.54, 1.807) is 0 Å². The molecule has 1 amide bonds. The predicted molar refractivity (Wildman–Crippen MR) is 51.3 cm³/mol. The summed E-state index contributed by atoms with van der Waals surface area (Å²) in [5.74, 6) is 0.924. The molecule has 0 aromatic carbocycles. The second kappa shape index (κ2) is 2.32. The normalized spacial score (nSPS) is 54.9. The molecule has 0 aromatic heterocycles. The van der Waals surface area contributed by atoms with Crippen LogP contribution in [0.25, 0.3) is 0 Å². The van der Waals surface area contributed by atoms with Crippen LogP contribution in [-0.2, 0) is 4.79 Å². The zero-order valence-electron chi connectivity index (χ0n) is 8.33. The monoisotopic (exact) mass is 195 g/mol. The van der Waals surface area contributed by atoms with Gasteiger partial charge in [-0.2, -0.15) is 0 Å². The summed E-state index contributed by atoms with van der Waals surface area (Å²) in [6, 6.07) is 0. The maximum atomic E-state index is 11.5. The molecule has 0 aliphatic heterocycles. The lowest BCUT2D eigenvalue weighted by Crippen LogP contribution is -2.59. The highest BCUT2D eigenvalue weighted by atomic mass is 16.3. The van der Waals surface area contributed by atoms with Gasteiger partial charge < -0.3 is 10.8 Å². The van der Waals surface area contributed by atoms with Gasteiger partial charge in [0.05, 0.1) is 11.0 Å². The molecule has 2 unspecified atom stereocenters. The summed E-state index contributed by atoms with van der Waals surface area (Å²) < 4.78 is 0. The molecule has 0 spiro atoms. The first-order chi connectivity index (χ1) is 6.51. The molecule has 0 saturated heterocycles. The highest BCUT2D eigenvalue weighted by Crippen LogP contribution is 2.61. The fourth-order valence-electron chi connectivity index (χ4n) is 4.50. The van der Waals surface area contributed by atoms with Crippen molar-refractivity contribution in [2.75, 3.05) is 0 Å². The second-order valence-corrected chi connectivity index (χ2v) is 5.83. The molecule has 4 aliphatic carbocycles. The molecule has 0 aromatic rings. The van der Waals surface area contributed by atoms with E-state index < -0.39 is 5.60 Å². The molecule has 4 aliphatic rings. The third-order valence-electron chi connectivity index (χ3n) is 4.55. The van der Waals surface area contributed by atoms with Gasteiger partial charge in [0.15, 0.2) is 0 Å². The van der Waals surface area contributed by atoms with Crippen molar-refractivity contribution in [2.45, 2.75) is 44.1 Å². The van der Waals surface area contributed by atoms with Crippen molar-refractivity contribution in [3.63, 3.8) is 0 Å². The van der Waals surface area contributed by atoms with Gasteiger partial charge in [-0.25, -0.2) is 0 Å². The van der Waals surface area contributed by atoms with Crippen molar-refractivity contribution in [3.8, 4) is 0 Å². The van der Waals surface area contributed by atoms with E-state index in [0.29, 0.717) is 18.3 Å². The number of carbonyl (C=O) groups is 1. The van der Waals surface area contributed by atoms with Crippen LogP contribution in [0.2, 0.25) is 0 Å². The lowest BCUT2D eigenvalue weighted by molar-refractivity contribution is -0.175. The lowest BCUT2D eigenvalue weighted by Gasteiger charge is -2.58. The summed E-state index contributed by atoms with van der Waals surface area (Å²) in [5.41, 5.74) is 4.60. The van der Waals surface area contributed by atoms with E-state index in [1.165, 1.54) is 6.42 Å². The number of primary amides is 1. The number of aliphatic hydroxyl groups is 1. The van der Waals surface area contributed by atoms with Crippen LogP contribution in [0.1, 0.15) is 38.5 Å². The Labute approximate surface area is 83.7 Å². The number of carbonyl (C=O) groups excluding carboxylic acids is 1. The van der Waals surface area contributed by atoms with E-state index in [2.05, 4.69) is 0 Å². The summed E-state index contributed by atoms with van der Waals surface area (Å²) in [6.07, 6.45) is 5.50. The van der Waals surface area contributed by atoms with Crippen molar-refractivity contribution in [1.82, 2.24) is 0 Å². The van der Waals surface area contributed by atoms with Crippen molar-refractivity contribution >= 4 is 5.91 Å². The minimum atomic E-state index is -0.556. The SMILES string of the molecule is NC(=O)C12CC3CC(CC(O)(C3)C1)C2. The van der Waals surface area contributed by atoms with Crippen LogP contribution in [0.5, 0.6) is 0 Å². The molecule has 78 valence electrons. The molecule has 4 bridgehead atoms. The van der Waals surface area contributed by atoms with Crippen molar-refractivity contribution in [1.29, 1.82) is 0 Å². The average molecular weight is 195 g/mol. The largest absolute Gasteiger partial charge is 0.390 e. The van der Waals surface area contributed by atoms with Crippen LogP contribution in [0.4, 0.5) is 0 Å². The van der Waals surface area contributed by atoms with Crippen molar-refractivity contribution in [2.24, 2.45) is 23.0 Å². The molecule has 3 N–H and O–H groups in total. The molecule has 4 rings (SSSR count). The van der Waals surface area contributed by atoms with E-state index in [0.717, 1.165) is 25.7 Å². The minimum absolute atomic E-state index is 0.176. The van der Waals surface area contributed by atoms with E-state index in [9.17, 15) is 9.90 Å². The fourth-order valence-corrected chi connectivity index (χ4v) is 4.50. The van der Waals surface area contributed by atoms with Crippen LogP contribution < -0.4 is 5.73 Å². The first kappa shape index (κ1) is 8.72. The van der Waals surface area contributed by atoms with Crippen LogP contribution in [0, 0.1) is 17.3 Å². The number of hydrogen-bond donors (Lipinski definition) is 2. The quantitative estimate of drug-likeness (QED) is 0.650. The van der Waals surface area contributed by atoms with Gasteiger partial charge in [-0.3, -0.25) is 4.79 Å². The van der Waals surface area contributed by atoms with Gasteiger partial charge in [0.25, 0.3) is 0 Å². The Kier molecular flexibility index (Phi) is 1.45. The van der Waals surface area contributed by atoms with Crippen LogP contribution in [0.15, 0.2) is 0 Å². The smallest absolute Gasteiger partial charge is 0.223 e. The maximum absolute atomic E-state index is 11.5. The molecule has 4 fully saturated rings. The minimum Gasteiger partial charge on any atom is -0.390 e. The van der Waals surface area contributed by atoms with E-state index in [1.807, 2.05) is 0 Å². The predicted octanol–water partition coefficient (Wildman–Crippen LogP) is 0.803. The van der Waals surface area contributed by atoms with Crippen LogP contribution in [0.3, 0.4) is 0 Å². The lowest BCUT2D eigenvalue weighted by atomic mass is 9.48.